The van der Waals surface area contributed by atoms with Gasteiger partial charge in [-0.05, 0) is 17.2 Å². The molecule has 1 amide bonds. The number of nitrogens with zero attached hydrogens (tertiary/aromatic N) is 3. The smallest absolute Gasteiger partial charge is 0.334 e. The van der Waals surface area contributed by atoms with E-state index >= 15 is 0 Å². The zero-order chi connectivity index (χ0) is 20.9. The van der Waals surface area contributed by atoms with Crippen LogP contribution in [0.4, 0.5) is 13.2 Å². The van der Waals surface area contributed by atoms with Gasteiger partial charge in [-0.15, -0.1) is 0 Å². The van der Waals surface area contributed by atoms with E-state index in [1.165, 1.54) is 0 Å². The molecule has 0 spiro atoms. The van der Waals surface area contributed by atoms with E-state index in [2.05, 4.69) is 9.97 Å². The fraction of sp³-hybridized carbons (Fsp3) is 0.190. The molecule has 29 heavy (non-hydrogen) atoms. The molecule has 2 aromatic carbocycles. The first-order valence-electron chi connectivity index (χ1n) is 8.75. The molecule has 0 N–H and O–H groups in total. The zero-order valence-corrected chi connectivity index (χ0v) is 16.3. The van der Waals surface area contributed by atoms with Crippen LogP contribution >= 0.6 is 11.8 Å². The van der Waals surface area contributed by atoms with Crippen LogP contribution in [0.3, 0.4) is 0 Å². The van der Waals surface area contributed by atoms with Crippen LogP contribution in [0.2, 0.25) is 0 Å². The average Bonchev–Trinajstić information content (AvgIpc) is 2.73. The largest absolute Gasteiger partial charge is 0.433 e. The van der Waals surface area contributed by atoms with Crippen LogP contribution in [0.15, 0.2) is 78.1 Å². The number of carbonyl (C=O) groups is 1. The third kappa shape index (κ3) is 5.35. The molecular formula is C21H18F3N3OS. The van der Waals surface area contributed by atoms with E-state index in [0.717, 1.165) is 35.2 Å². The SMILES string of the molecule is CN(C(=O)CSc1nccc(C(F)(F)F)n1)C(c1ccccc1)c1ccccc1. The van der Waals surface area contributed by atoms with E-state index in [0.29, 0.717) is 0 Å². The summed E-state index contributed by atoms with van der Waals surface area (Å²) in [6.07, 6.45) is -3.51. The van der Waals surface area contributed by atoms with E-state index in [1.54, 1.807) is 11.9 Å². The Bertz CT molecular complexity index is 913. The predicted molar refractivity (Wildman–Crippen MR) is 105 cm³/mol. The van der Waals surface area contributed by atoms with Crippen LogP contribution in [0.5, 0.6) is 0 Å². The minimum atomic E-state index is -4.55. The molecule has 3 rings (SSSR count). The maximum Gasteiger partial charge on any atom is 0.433 e. The number of alkyl halides is 3. The predicted octanol–water partition coefficient (Wildman–Crippen LogP) is 4.84. The second-order valence-corrected chi connectivity index (χ2v) is 7.18. The van der Waals surface area contributed by atoms with Gasteiger partial charge in [-0.2, -0.15) is 13.2 Å². The Labute approximate surface area is 170 Å². The van der Waals surface area contributed by atoms with Gasteiger partial charge in [0.15, 0.2) is 5.16 Å². The first kappa shape index (κ1) is 20.9. The Morgan fingerprint density at radius 1 is 1.00 bits per heavy atom. The summed E-state index contributed by atoms with van der Waals surface area (Å²) in [6.45, 7) is 0. The van der Waals surface area contributed by atoms with Gasteiger partial charge in [-0.25, -0.2) is 9.97 Å². The van der Waals surface area contributed by atoms with Gasteiger partial charge in [-0.1, -0.05) is 72.4 Å². The van der Waals surface area contributed by atoms with Crippen molar-refractivity contribution in [2.45, 2.75) is 17.4 Å². The fourth-order valence-electron chi connectivity index (χ4n) is 2.85. The molecule has 0 aliphatic carbocycles. The van der Waals surface area contributed by atoms with Crippen molar-refractivity contribution in [2.75, 3.05) is 12.8 Å². The van der Waals surface area contributed by atoms with Gasteiger partial charge >= 0.3 is 6.18 Å². The standard InChI is InChI=1S/C21H18F3N3OS/c1-27(18(28)14-29-20-25-13-12-17(26-20)21(22,23)24)19(15-8-4-2-5-9-15)16-10-6-3-7-11-16/h2-13,19H,14H2,1H3. The van der Waals surface area contributed by atoms with Crippen LogP contribution < -0.4 is 0 Å². The second-order valence-electron chi connectivity index (χ2n) is 6.24. The van der Waals surface area contributed by atoms with E-state index in [9.17, 15) is 18.0 Å². The van der Waals surface area contributed by atoms with Crippen LogP contribution in [-0.4, -0.2) is 33.6 Å². The highest BCUT2D eigenvalue weighted by molar-refractivity contribution is 7.99. The molecular weight excluding hydrogens is 399 g/mol. The molecule has 0 saturated carbocycles. The van der Waals surface area contributed by atoms with Gasteiger partial charge in [0.05, 0.1) is 11.8 Å². The molecule has 0 atom stereocenters. The quantitative estimate of drug-likeness (QED) is 0.426. The minimum absolute atomic E-state index is 0.0754. The Balaban J connectivity index is 1.77. The van der Waals surface area contributed by atoms with Crippen molar-refractivity contribution in [3.63, 3.8) is 0 Å². The molecule has 0 radical (unpaired) electrons. The topological polar surface area (TPSA) is 46.1 Å². The molecule has 1 heterocycles. The van der Waals surface area contributed by atoms with Crippen molar-refractivity contribution in [1.29, 1.82) is 0 Å². The van der Waals surface area contributed by atoms with Gasteiger partial charge in [0.2, 0.25) is 5.91 Å². The van der Waals surface area contributed by atoms with Gasteiger partial charge in [0, 0.05) is 13.2 Å². The third-order valence-electron chi connectivity index (χ3n) is 4.26. The summed E-state index contributed by atoms with van der Waals surface area (Å²) >= 11 is 0.881. The molecule has 0 saturated heterocycles. The van der Waals surface area contributed by atoms with Crippen LogP contribution in [-0.2, 0) is 11.0 Å². The first-order chi connectivity index (χ1) is 13.9. The molecule has 1 aromatic heterocycles. The summed E-state index contributed by atoms with van der Waals surface area (Å²) in [6, 6.07) is 19.6. The van der Waals surface area contributed by atoms with Gasteiger partial charge in [-0.3, -0.25) is 4.79 Å². The number of amides is 1. The average molecular weight is 417 g/mol. The second kappa shape index (κ2) is 9.09. The van der Waals surface area contributed by atoms with E-state index < -0.39 is 11.9 Å². The molecule has 8 heteroatoms. The summed E-state index contributed by atoms with van der Waals surface area (Å²) < 4.78 is 38.4. The Morgan fingerprint density at radius 2 is 1.55 bits per heavy atom. The maximum absolute atomic E-state index is 12.8. The van der Waals surface area contributed by atoms with Crippen molar-refractivity contribution in [3.8, 4) is 0 Å². The monoisotopic (exact) mass is 417 g/mol. The van der Waals surface area contributed by atoms with Crippen LogP contribution in [0, 0.1) is 0 Å². The summed E-state index contributed by atoms with van der Waals surface area (Å²) in [5, 5.41) is -0.0856. The van der Waals surface area contributed by atoms with Gasteiger partial charge < -0.3 is 4.90 Å². The molecule has 3 aromatic rings. The highest BCUT2D eigenvalue weighted by Gasteiger charge is 2.33. The Morgan fingerprint density at radius 3 is 2.07 bits per heavy atom. The van der Waals surface area contributed by atoms with Crippen molar-refractivity contribution < 1.29 is 18.0 Å². The number of thioether (sulfide) groups is 1. The van der Waals surface area contributed by atoms with Crippen LogP contribution in [0.1, 0.15) is 22.9 Å². The maximum atomic E-state index is 12.8. The molecule has 0 bridgehead atoms. The lowest BCUT2D eigenvalue weighted by molar-refractivity contribution is -0.141. The molecule has 4 nitrogen and oxygen atoms in total. The Hall–Kier alpha value is -2.87. The zero-order valence-electron chi connectivity index (χ0n) is 15.5. The van der Waals surface area contributed by atoms with E-state index in [1.807, 2.05) is 60.7 Å². The summed E-state index contributed by atoms with van der Waals surface area (Å²) in [4.78, 5) is 21.7. The molecule has 150 valence electrons. The molecule has 0 fully saturated rings. The highest BCUT2D eigenvalue weighted by atomic mass is 32.2. The lowest BCUT2D eigenvalue weighted by Crippen LogP contribution is -2.33. The number of halogens is 3. The number of hydrogen-bond donors (Lipinski definition) is 0. The fourth-order valence-corrected chi connectivity index (χ4v) is 3.61. The van der Waals surface area contributed by atoms with Crippen molar-refractivity contribution in [1.82, 2.24) is 14.9 Å². The van der Waals surface area contributed by atoms with Gasteiger partial charge in [0.25, 0.3) is 0 Å². The van der Waals surface area contributed by atoms with Crippen molar-refractivity contribution >= 4 is 17.7 Å². The number of carbonyl (C=O) groups excluding carboxylic acids is 1. The van der Waals surface area contributed by atoms with E-state index in [-0.39, 0.29) is 22.9 Å². The van der Waals surface area contributed by atoms with Crippen LogP contribution in [0.25, 0.3) is 0 Å². The van der Waals surface area contributed by atoms with E-state index in [4.69, 9.17) is 0 Å². The lowest BCUT2D eigenvalue weighted by atomic mass is 9.97. The highest BCUT2D eigenvalue weighted by Crippen LogP contribution is 2.30. The summed E-state index contributed by atoms with van der Waals surface area (Å²) in [5.41, 5.74) is 0.854. The number of aromatic nitrogens is 2. The van der Waals surface area contributed by atoms with Gasteiger partial charge in [0.1, 0.15) is 5.69 Å². The minimum Gasteiger partial charge on any atom is -0.334 e. The van der Waals surface area contributed by atoms with Crippen molar-refractivity contribution in [2.24, 2.45) is 0 Å². The number of hydrogen-bond acceptors (Lipinski definition) is 4. The Kier molecular flexibility index (Phi) is 6.53. The molecule has 0 aliphatic rings. The first-order valence-corrected chi connectivity index (χ1v) is 9.73. The molecule has 0 unspecified atom stereocenters. The number of rotatable bonds is 6. The lowest BCUT2D eigenvalue weighted by Gasteiger charge is -2.29. The molecule has 0 aliphatic heterocycles. The summed E-state index contributed by atoms with van der Waals surface area (Å²) in [5.74, 6) is -0.317. The van der Waals surface area contributed by atoms with Crippen molar-refractivity contribution in [3.05, 3.63) is 89.7 Å². The number of benzene rings is 2. The summed E-state index contributed by atoms with van der Waals surface area (Å²) in [7, 11) is 1.68. The normalized spacial score (nSPS) is 11.5. The third-order valence-corrected chi connectivity index (χ3v) is 5.11.